The number of amides is 1. The highest BCUT2D eigenvalue weighted by Crippen LogP contribution is 2.26. The number of benzene rings is 1. The molecule has 82 valence electrons. The summed E-state index contributed by atoms with van der Waals surface area (Å²) in [5.74, 6) is -0.449. The first-order chi connectivity index (χ1) is 7.69. The van der Waals surface area contributed by atoms with Gasteiger partial charge >= 0.3 is 0 Å². The van der Waals surface area contributed by atoms with Gasteiger partial charge in [-0.05, 0) is 35.7 Å². The summed E-state index contributed by atoms with van der Waals surface area (Å²) in [5, 5.41) is 3.55. The van der Waals surface area contributed by atoms with Crippen LogP contribution in [-0.4, -0.2) is 5.91 Å². The van der Waals surface area contributed by atoms with Crippen molar-refractivity contribution in [1.29, 1.82) is 0 Å². The molecule has 4 heteroatoms. The maximum atomic E-state index is 12.9. The Hall–Kier alpha value is -1.68. The summed E-state index contributed by atoms with van der Waals surface area (Å²) in [5.41, 5.74) is 0. The fraction of sp³-hybridized carbons (Fsp3) is 0.0833. The summed E-state index contributed by atoms with van der Waals surface area (Å²) in [6.45, 7) is 3.82. The van der Waals surface area contributed by atoms with E-state index in [0.29, 0.717) is 6.54 Å². The maximum absolute atomic E-state index is 12.9. The molecular weight excluding hydrogens is 225 g/mol. The lowest BCUT2D eigenvalue weighted by molar-refractivity contribution is -0.116. The Morgan fingerprint density at radius 3 is 3.06 bits per heavy atom. The van der Waals surface area contributed by atoms with Gasteiger partial charge in [0.05, 0.1) is 6.54 Å². The molecule has 1 N–H and O–H groups in total. The van der Waals surface area contributed by atoms with Crippen molar-refractivity contribution in [1.82, 2.24) is 5.32 Å². The first kappa shape index (κ1) is 10.8. The molecule has 1 aromatic heterocycles. The zero-order valence-corrected chi connectivity index (χ0v) is 9.31. The molecule has 0 fully saturated rings. The van der Waals surface area contributed by atoms with Gasteiger partial charge in [0.15, 0.2) is 0 Å². The van der Waals surface area contributed by atoms with Crippen LogP contribution in [0.2, 0.25) is 0 Å². The third-order valence-corrected chi connectivity index (χ3v) is 3.27. The number of thiophene rings is 1. The summed E-state index contributed by atoms with van der Waals surface area (Å²) >= 11 is 1.54. The minimum Gasteiger partial charge on any atom is -0.348 e. The lowest BCUT2D eigenvalue weighted by atomic mass is 10.2. The predicted octanol–water partition coefficient (Wildman–Crippen LogP) is 2.84. The lowest BCUT2D eigenvalue weighted by Crippen LogP contribution is -2.19. The number of carbonyl (C=O) groups excluding carboxylic acids is 1. The number of hydrogen-bond acceptors (Lipinski definition) is 2. The molecule has 0 atom stereocenters. The summed E-state index contributed by atoms with van der Waals surface area (Å²) < 4.78 is 14.0. The van der Waals surface area contributed by atoms with Crippen LogP contribution in [0, 0.1) is 5.82 Å². The van der Waals surface area contributed by atoms with Crippen molar-refractivity contribution in [2.24, 2.45) is 0 Å². The second-order valence-corrected chi connectivity index (χ2v) is 4.49. The van der Waals surface area contributed by atoms with Gasteiger partial charge in [0.25, 0.3) is 0 Å². The number of halogens is 1. The van der Waals surface area contributed by atoms with Gasteiger partial charge in [0, 0.05) is 9.58 Å². The quantitative estimate of drug-likeness (QED) is 0.814. The van der Waals surface area contributed by atoms with Crippen LogP contribution in [0.25, 0.3) is 10.1 Å². The van der Waals surface area contributed by atoms with Gasteiger partial charge in [-0.2, -0.15) is 0 Å². The molecule has 1 aromatic carbocycles. The molecule has 0 radical (unpaired) electrons. The van der Waals surface area contributed by atoms with E-state index in [9.17, 15) is 9.18 Å². The van der Waals surface area contributed by atoms with E-state index in [1.54, 1.807) is 17.4 Å². The third kappa shape index (κ3) is 2.28. The number of rotatable bonds is 3. The first-order valence-electron chi connectivity index (χ1n) is 4.77. The molecule has 2 aromatic rings. The van der Waals surface area contributed by atoms with Gasteiger partial charge in [-0.15, -0.1) is 11.3 Å². The third-order valence-electron chi connectivity index (χ3n) is 2.15. The van der Waals surface area contributed by atoms with Crippen molar-refractivity contribution in [2.75, 3.05) is 0 Å². The molecule has 16 heavy (non-hydrogen) atoms. The highest BCUT2D eigenvalue weighted by atomic mass is 32.1. The Bertz CT molecular complexity index is 547. The van der Waals surface area contributed by atoms with Crippen molar-refractivity contribution in [3.05, 3.63) is 47.6 Å². The molecular formula is C12H10FNOS. The normalized spacial score (nSPS) is 10.3. The van der Waals surface area contributed by atoms with E-state index in [4.69, 9.17) is 0 Å². The van der Waals surface area contributed by atoms with Crippen LogP contribution in [0.15, 0.2) is 36.9 Å². The van der Waals surface area contributed by atoms with E-state index in [2.05, 4.69) is 11.9 Å². The Morgan fingerprint density at radius 2 is 2.31 bits per heavy atom. The van der Waals surface area contributed by atoms with Crippen molar-refractivity contribution < 1.29 is 9.18 Å². The number of hydrogen-bond donors (Lipinski definition) is 1. The Kier molecular flexibility index (Phi) is 3.01. The zero-order chi connectivity index (χ0) is 11.5. The summed E-state index contributed by atoms with van der Waals surface area (Å²) in [7, 11) is 0. The van der Waals surface area contributed by atoms with Crippen LogP contribution in [0.1, 0.15) is 4.88 Å². The van der Waals surface area contributed by atoms with Gasteiger partial charge < -0.3 is 5.32 Å². The van der Waals surface area contributed by atoms with E-state index >= 15 is 0 Å². The molecule has 0 spiro atoms. The fourth-order valence-corrected chi connectivity index (χ4v) is 2.39. The van der Waals surface area contributed by atoms with Gasteiger partial charge in [-0.1, -0.05) is 6.58 Å². The molecule has 1 heterocycles. The van der Waals surface area contributed by atoms with E-state index in [1.807, 2.05) is 6.07 Å². The maximum Gasteiger partial charge on any atom is 0.243 e. The summed E-state index contributed by atoms with van der Waals surface area (Å²) in [6, 6.07) is 6.55. The van der Waals surface area contributed by atoms with Crippen molar-refractivity contribution in [2.45, 2.75) is 6.54 Å². The molecule has 0 aliphatic rings. The van der Waals surface area contributed by atoms with Gasteiger partial charge in [-0.25, -0.2) is 4.39 Å². The van der Waals surface area contributed by atoms with E-state index in [0.717, 1.165) is 15.0 Å². The molecule has 0 bridgehead atoms. The minimum atomic E-state index is -0.244. The van der Waals surface area contributed by atoms with E-state index in [-0.39, 0.29) is 11.7 Å². The van der Waals surface area contributed by atoms with Crippen LogP contribution in [0.4, 0.5) is 4.39 Å². The van der Waals surface area contributed by atoms with Crippen molar-refractivity contribution in [3.63, 3.8) is 0 Å². The SMILES string of the molecule is C=CC(=O)NCc1cc2cc(F)ccc2s1. The van der Waals surface area contributed by atoms with Crippen LogP contribution >= 0.6 is 11.3 Å². The van der Waals surface area contributed by atoms with Gasteiger partial charge in [-0.3, -0.25) is 4.79 Å². The number of nitrogens with one attached hydrogen (secondary N) is 1. The average Bonchev–Trinajstić information content (AvgIpc) is 2.67. The lowest BCUT2D eigenvalue weighted by Gasteiger charge is -1.97. The highest BCUT2D eigenvalue weighted by molar-refractivity contribution is 7.19. The van der Waals surface area contributed by atoms with Crippen LogP contribution in [-0.2, 0) is 11.3 Å². The van der Waals surface area contributed by atoms with Gasteiger partial charge in [0.1, 0.15) is 5.82 Å². The topological polar surface area (TPSA) is 29.1 Å². The molecule has 2 nitrogen and oxygen atoms in total. The molecule has 0 aliphatic heterocycles. The number of fused-ring (bicyclic) bond motifs is 1. The summed E-state index contributed by atoms with van der Waals surface area (Å²) in [4.78, 5) is 12.0. The second kappa shape index (κ2) is 4.45. The predicted molar refractivity (Wildman–Crippen MR) is 63.8 cm³/mol. The average molecular weight is 235 g/mol. The Morgan fingerprint density at radius 1 is 1.50 bits per heavy atom. The molecule has 2 rings (SSSR count). The number of carbonyl (C=O) groups is 1. The van der Waals surface area contributed by atoms with Crippen LogP contribution in [0.3, 0.4) is 0 Å². The van der Waals surface area contributed by atoms with Gasteiger partial charge in [0.2, 0.25) is 5.91 Å². The summed E-state index contributed by atoms with van der Waals surface area (Å²) in [6.07, 6.45) is 1.23. The molecule has 0 unspecified atom stereocenters. The van der Waals surface area contributed by atoms with E-state index < -0.39 is 0 Å². The monoisotopic (exact) mass is 235 g/mol. The highest BCUT2D eigenvalue weighted by Gasteiger charge is 2.03. The Balaban J connectivity index is 2.19. The zero-order valence-electron chi connectivity index (χ0n) is 8.50. The molecule has 0 saturated carbocycles. The minimum absolute atomic E-state index is 0.205. The van der Waals surface area contributed by atoms with Crippen LogP contribution in [0.5, 0.6) is 0 Å². The largest absolute Gasteiger partial charge is 0.348 e. The van der Waals surface area contributed by atoms with Crippen molar-refractivity contribution >= 4 is 27.3 Å². The van der Waals surface area contributed by atoms with Crippen molar-refractivity contribution in [3.8, 4) is 0 Å². The standard InChI is InChI=1S/C12H10FNOS/c1-2-12(15)14-7-10-6-8-5-9(13)3-4-11(8)16-10/h2-6H,1,7H2,(H,14,15). The molecule has 1 amide bonds. The fourth-order valence-electron chi connectivity index (χ4n) is 1.40. The molecule has 0 saturated heterocycles. The second-order valence-electron chi connectivity index (χ2n) is 3.32. The smallest absolute Gasteiger partial charge is 0.243 e. The first-order valence-corrected chi connectivity index (χ1v) is 5.59. The Labute approximate surface area is 96.4 Å². The molecule has 0 aliphatic carbocycles. The van der Waals surface area contributed by atoms with E-state index in [1.165, 1.54) is 18.2 Å². The van der Waals surface area contributed by atoms with Crippen LogP contribution < -0.4 is 5.32 Å².